The highest BCUT2D eigenvalue weighted by Gasteiger charge is 2.20. The minimum absolute atomic E-state index is 0.419. The van der Waals surface area contributed by atoms with Gasteiger partial charge in [0.15, 0.2) is 0 Å². The molecular weight excluding hydrogens is 324 g/mol. The van der Waals surface area contributed by atoms with Gasteiger partial charge in [0.25, 0.3) is 0 Å². The van der Waals surface area contributed by atoms with E-state index in [1.807, 2.05) is 24.3 Å². The van der Waals surface area contributed by atoms with Crippen LogP contribution < -0.4 is 9.64 Å². The average Bonchev–Trinajstić information content (AvgIpc) is 2.67. The van der Waals surface area contributed by atoms with Crippen LogP contribution in [0.25, 0.3) is 0 Å². The van der Waals surface area contributed by atoms with Crippen molar-refractivity contribution in [2.75, 3.05) is 44.7 Å². The fourth-order valence-corrected chi connectivity index (χ4v) is 3.80. The highest BCUT2D eigenvalue weighted by Crippen LogP contribution is 2.26. The largest absolute Gasteiger partial charge is 0.497 e. The van der Waals surface area contributed by atoms with Crippen LogP contribution in [0.15, 0.2) is 42.5 Å². The number of ether oxygens (including phenoxy) is 1. The molecule has 0 aliphatic carbocycles. The molecule has 0 aromatic heterocycles. The standard InChI is InChI=1S/C22H30N2O2/c1-17-5-4-6-18(2)22(17)24-15-13-23(14-16-24)12-11-21(25)19-7-9-20(26-3)10-8-19/h4-10,21,25H,11-16H2,1-3H3. The van der Waals surface area contributed by atoms with Crippen molar-refractivity contribution in [3.8, 4) is 5.75 Å². The zero-order chi connectivity index (χ0) is 18.5. The number of nitrogens with zero attached hydrogens (tertiary/aromatic N) is 2. The van der Waals surface area contributed by atoms with Gasteiger partial charge in [0.2, 0.25) is 0 Å². The molecule has 26 heavy (non-hydrogen) atoms. The Balaban J connectivity index is 1.49. The normalized spacial score (nSPS) is 16.5. The summed E-state index contributed by atoms with van der Waals surface area (Å²) in [5, 5.41) is 10.4. The lowest BCUT2D eigenvalue weighted by molar-refractivity contribution is 0.139. The minimum Gasteiger partial charge on any atom is -0.497 e. The lowest BCUT2D eigenvalue weighted by Crippen LogP contribution is -2.47. The molecule has 1 aliphatic rings. The van der Waals surface area contributed by atoms with Crippen molar-refractivity contribution in [3.63, 3.8) is 0 Å². The quantitative estimate of drug-likeness (QED) is 0.860. The number of rotatable bonds is 6. The molecule has 2 aromatic carbocycles. The van der Waals surface area contributed by atoms with Gasteiger partial charge >= 0.3 is 0 Å². The molecule has 3 rings (SSSR count). The van der Waals surface area contributed by atoms with Gasteiger partial charge in [0.05, 0.1) is 13.2 Å². The fourth-order valence-electron chi connectivity index (χ4n) is 3.80. The third-order valence-corrected chi connectivity index (χ3v) is 5.35. The fraction of sp³-hybridized carbons (Fsp3) is 0.455. The first-order chi connectivity index (χ1) is 12.6. The van der Waals surface area contributed by atoms with Crippen molar-refractivity contribution >= 4 is 5.69 Å². The van der Waals surface area contributed by atoms with Crippen molar-refractivity contribution in [3.05, 3.63) is 59.2 Å². The van der Waals surface area contributed by atoms with Crippen LogP contribution >= 0.6 is 0 Å². The summed E-state index contributed by atoms with van der Waals surface area (Å²) < 4.78 is 5.17. The van der Waals surface area contributed by atoms with E-state index in [1.165, 1.54) is 16.8 Å². The van der Waals surface area contributed by atoms with Gasteiger partial charge in [-0.2, -0.15) is 0 Å². The highest BCUT2D eigenvalue weighted by molar-refractivity contribution is 5.59. The Morgan fingerprint density at radius 1 is 0.962 bits per heavy atom. The van der Waals surface area contributed by atoms with Crippen LogP contribution in [-0.2, 0) is 0 Å². The number of anilines is 1. The van der Waals surface area contributed by atoms with Gasteiger partial charge in [-0.05, 0) is 49.1 Å². The van der Waals surface area contributed by atoms with E-state index in [-0.39, 0.29) is 0 Å². The van der Waals surface area contributed by atoms with E-state index in [2.05, 4.69) is 41.8 Å². The zero-order valence-corrected chi connectivity index (χ0v) is 16.1. The molecule has 0 radical (unpaired) electrons. The molecule has 1 fully saturated rings. The van der Waals surface area contributed by atoms with E-state index in [4.69, 9.17) is 4.74 Å². The van der Waals surface area contributed by atoms with Crippen LogP contribution in [0.3, 0.4) is 0 Å². The number of aryl methyl sites for hydroxylation is 2. The van der Waals surface area contributed by atoms with Gasteiger partial charge in [-0.1, -0.05) is 30.3 Å². The maximum absolute atomic E-state index is 10.4. The number of aliphatic hydroxyl groups is 1. The number of para-hydroxylation sites is 1. The van der Waals surface area contributed by atoms with Crippen molar-refractivity contribution < 1.29 is 9.84 Å². The van der Waals surface area contributed by atoms with Crippen molar-refractivity contribution in [1.29, 1.82) is 0 Å². The number of benzene rings is 2. The first kappa shape index (κ1) is 18.7. The number of hydrogen-bond acceptors (Lipinski definition) is 4. The Labute approximate surface area is 157 Å². The molecule has 0 amide bonds. The van der Waals surface area contributed by atoms with Gasteiger partial charge in [-0.3, -0.25) is 4.90 Å². The van der Waals surface area contributed by atoms with Gasteiger partial charge in [0, 0.05) is 38.4 Å². The summed E-state index contributed by atoms with van der Waals surface area (Å²) in [6.07, 6.45) is 0.341. The summed E-state index contributed by atoms with van der Waals surface area (Å²) >= 11 is 0. The molecule has 1 unspecified atom stereocenters. The van der Waals surface area contributed by atoms with E-state index in [1.54, 1.807) is 7.11 Å². The maximum atomic E-state index is 10.4. The summed E-state index contributed by atoms with van der Waals surface area (Å²) in [6.45, 7) is 9.49. The molecule has 1 N–H and O–H groups in total. The first-order valence-corrected chi connectivity index (χ1v) is 9.44. The van der Waals surface area contributed by atoms with Gasteiger partial charge in [0.1, 0.15) is 5.75 Å². The van der Waals surface area contributed by atoms with Crippen LogP contribution in [0.2, 0.25) is 0 Å². The third-order valence-electron chi connectivity index (χ3n) is 5.35. The Morgan fingerprint density at radius 3 is 2.15 bits per heavy atom. The van der Waals surface area contributed by atoms with E-state index in [0.29, 0.717) is 0 Å². The summed E-state index contributed by atoms with van der Waals surface area (Å²) in [5.74, 6) is 0.823. The van der Waals surface area contributed by atoms with E-state index >= 15 is 0 Å². The molecule has 0 spiro atoms. The molecule has 4 heteroatoms. The summed E-state index contributed by atoms with van der Waals surface area (Å²) in [6, 6.07) is 14.2. The highest BCUT2D eigenvalue weighted by atomic mass is 16.5. The number of methoxy groups -OCH3 is 1. The second-order valence-electron chi connectivity index (χ2n) is 7.15. The van der Waals surface area contributed by atoms with Gasteiger partial charge in [-0.25, -0.2) is 0 Å². The number of piperazine rings is 1. The summed E-state index contributed by atoms with van der Waals surface area (Å²) in [4.78, 5) is 4.96. The van der Waals surface area contributed by atoms with Crippen molar-refractivity contribution in [1.82, 2.24) is 4.90 Å². The third kappa shape index (κ3) is 4.37. The molecule has 4 nitrogen and oxygen atoms in total. The lowest BCUT2D eigenvalue weighted by atomic mass is 10.1. The molecule has 1 atom stereocenters. The predicted octanol–water partition coefficient (Wildman–Crippen LogP) is 3.56. The molecular formula is C22H30N2O2. The average molecular weight is 354 g/mol. The van der Waals surface area contributed by atoms with E-state index < -0.39 is 6.10 Å². The van der Waals surface area contributed by atoms with Crippen LogP contribution in [0.4, 0.5) is 5.69 Å². The number of hydrogen-bond donors (Lipinski definition) is 1. The monoisotopic (exact) mass is 354 g/mol. The molecule has 140 valence electrons. The molecule has 0 saturated carbocycles. The molecule has 1 saturated heterocycles. The Morgan fingerprint density at radius 2 is 1.58 bits per heavy atom. The zero-order valence-electron chi connectivity index (χ0n) is 16.1. The molecule has 1 heterocycles. The summed E-state index contributed by atoms with van der Waals surface area (Å²) in [7, 11) is 1.66. The van der Waals surface area contributed by atoms with Crippen LogP contribution in [-0.4, -0.2) is 49.8 Å². The lowest BCUT2D eigenvalue weighted by Gasteiger charge is -2.37. The van der Waals surface area contributed by atoms with E-state index in [0.717, 1.165) is 50.5 Å². The predicted molar refractivity (Wildman–Crippen MR) is 107 cm³/mol. The minimum atomic E-state index is -0.419. The Kier molecular flexibility index (Phi) is 6.17. The second kappa shape index (κ2) is 8.56. The van der Waals surface area contributed by atoms with Crippen LogP contribution in [0.1, 0.15) is 29.2 Å². The Hall–Kier alpha value is -2.04. The second-order valence-corrected chi connectivity index (χ2v) is 7.15. The topological polar surface area (TPSA) is 35.9 Å². The van der Waals surface area contributed by atoms with Gasteiger partial charge in [-0.15, -0.1) is 0 Å². The van der Waals surface area contributed by atoms with Crippen molar-refractivity contribution in [2.45, 2.75) is 26.4 Å². The van der Waals surface area contributed by atoms with Crippen molar-refractivity contribution in [2.24, 2.45) is 0 Å². The maximum Gasteiger partial charge on any atom is 0.118 e. The van der Waals surface area contributed by atoms with E-state index in [9.17, 15) is 5.11 Å². The first-order valence-electron chi connectivity index (χ1n) is 9.44. The smallest absolute Gasteiger partial charge is 0.118 e. The summed E-state index contributed by atoms with van der Waals surface area (Å²) in [5.41, 5.74) is 5.06. The SMILES string of the molecule is COc1ccc(C(O)CCN2CCN(c3c(C)cccc3C)CC2)cc1. The van der Waals surface area contributed by atoms with Crippen LogP contribution in [0, 0.1) is 13.8 Å². The molecule has 0 bridgehead atoms. The van der Waals surface area contributed by atoms with Crippen LogP contribution in [0.5, 0.6) is 5.75 Å². The van der Waals surface area contributed by atoms with Gasteiger partial charge < -0.3 is 14.7 Å². The Bertz CT molecular complexity index is 686. The number of aliphatic hydroxyl groups excluding tert-OH is 1. The molecule has 1 aliphatic heterocycles. The molecule has 2 aromatic rings.